The van der Waals surface area contributed by atoms with Gasteiger partial charge >= 0.3 is 0 Å². The molecular formula is C15H11N5O2. The van der Waals surface area contributed by atoms with E-state index >= 15 is 0 Å². The minimum Gasteiger partial charge on any atom is -0.325 e. The Morgan fingerprint density at radius 2 is 1.77 bits per heavy atom. The minimum absolute atomic E-state index is 0.0549. The second-order valence-electron chi connectivity index (χ2n) is 4.41. The third kappa shape index (κ3) is 3.04. The molecule has 0 saturated carbocycles. The van der Waals surface area contributed by atoms with Gasteiger partial charge in [-0.25, -0.2) is 9.97 Å². The average molecular weight is 293 g/mol. The molecule has 7 heteroatoms. The highest BCUT2D eigenvalue weighted by Gasteiger charge is 2.06. The van der Waals surface area contributed by atoms with E-state index in [4.69, 9.17) is 0 Å². The van der Waals surface area contributed by atoms with E-state index in [0.717, 1.165) is 11.4 Å². The molecule has 0 aliphatic heterocycles. The normalized spacial score (nSPS) is 10.2. The van der Waals surface area contributed by atoms with Crippen molar-refractivity contribution in [3.8, 4) is 11.4 Å². The van der Waals surface area contributed by atoms with Crippen LogP contribution in [0.1, 0.15) is 0 Å². The summed E-state index contributed by atoms with van der Waals surface area (Å²) in [4.78, 5) is 22.8. The molecule has 0 aromatic carbocycles. The van der Waals surface area contributed by atoms with E-state index in [1.807, 2.05) is 30.3 Å². The van der Waals surface area contributed by atoms with Gasteiger partial charge in [0, 0.05) is 12.3 Å². The van der Waals surface area contributed by atoms with Crippen LogP contribution < -0.4 is 5.32 Å². The first kappa shape index (κ1) is 13.6. The topological polar surface area (TPSA) is 93.8 Å². The Morgan fingerprint density at radius 3 is 2.45 bits per heavy atom. The number of nitro groups is 1. The van der Waals surface area contributed by atoms with Gasteiger partial charge in [0.2, 0.25) is 0 Å². The lowest BCUT2D eigenvalue weighted by Crippen LogP contribution is -1.98. The number of anilines is 2. The van der Waals surface area contributed by atoms with Crippen LogP contribution in [0.15, 0.2) is 60.9 Å². The summed E-state index contributed by atoms with van der Waals surface area (Å²) in [5, 5.41) is 13.6. The standard InChI is InChI=1S/C15H11N5O2/c21-20(22)11-7-8-14(17-10-11)19-15-6-3-5-13(18-15)12-4-1-2-9-16-12/h1-10H,(H,17,18,19). The van der Waals surface area contributed by atoms with Gasteiger partial charge in [-0.3, -0.25) is 15.1 Å². The number of hydrogen-bond acceptors (Lipinski definition) is 6. The molecule has 0 radical (unpaired) electrons. The predicted molar refractivity (Wildman–Crippen MR) is 81.6 cm³/mol. The molecule has 7 nitrogen and oxygen atoms in total. The fourth-order valence-electron chi connectivity index (χ4n) is 1.86. The van der Waals surface area contributed by atoms with E-state index in [1.54, 1.807) is 12.3 Å². The second kappa shape index (κ2) is 5.96. The fraction of sp³-hybridized carbons (Fsp3) is 0. The molecular weight excluding hydrogens is 282 g/mol. The average Bonchev–Trinajstić information content (AvgIpc) is 2.56. The predicted octanol–water partition coefficient (Wildman–Crippen LogP) is 3.19. The van der Waals surface area contributed by atoms with Gasteiger partial charge < -0.3 is 5.32 Å². The van der Waals surface area contributed by atoms with E-state index < -0.39 is 4.92 Å². The van der Waals surface area contributed by atoms with Gasteiger partial charge in [-0.1, -0.05) is 12.1 Å². The summed E-state index contributed by atoms with van der Waals surface area (Å²) >= 11 is 0. The molecule has 0 spiro atoms. The van der Waals surface area contributed by atoms with Gasteiger partial charge in [-0.15, -0.1) is 0 Å². The van der Waals surface area contributed by atoms with Crippen molar-refractivity contribution in [2.75, 3.05) is 5.32 Å². The molecule has 1 N–H and O–H groups in total. The van der Waals surface area contributed by atoms with E-state index in [0.29, 0.717) is 11.6 Å². The molecule has 22 heavy (non-hydrogen) atoms. The summed E-state index contributed by atoms with van der Waals surface area (Å²) in [5.41, 5.74) is 1.44. The molecule has 0 fully saturated rings. The third-order valence-electron chi connectivity index (χ3n) is 2.89. The Labute approximate surface area is 125 Å². The molecule has 3 rings (SSSR count). The van der Waals surface area contributed by atoms with E-state index in [2.05, 4.69) is 20.3 Å². The zero-order valence-corrected chi connectivity index (χ0v) is 11.4. The first-order chi connectivity index (χ1) is 10.7. The van der Waals surface area contributed by atoms with Crippen LogP contribution in [0, 0.1) is 10.1 Å². The van der Waals surface area contributed by atoms with Crippen LogP contribution in [0.2, 0.25) is 0 Å². The summed E-state index contributed by atoms with van der Waals surface area (Å²) in [5.74, 6) is 1.07. The Bertz CT molecular complexity index is 791. The maximum absolute atomic E-state index is 10.6. The molecule has 0 unspecified atom stereocenters. The van der Waals surface area contributed by atoms with Crippen molar-refractivity contribution in [1.29, 1.82) is 0 Å². The summed E-state index contributed by atoms with van der Waals surface area (Å²) in [6, 6.07) is 14.0. The monoisotopic (exact) mass is 293 g/mol. The number of nitrogens with zero attached hydrogens (tertiary/aromatic N) is 4. The summed E-state index contributed by atoms with van der Waals surface area (Å²) in [6.45, 7) is 0. The van der Waals surface area contributed by atoms with Gasteiger partial charge in [0.25, 0.3) is 5.69 Å². The van der Waals surface area contributed by atoms with Gasteiger partial charge in [-0.2, -0.15) is 0 Å². The molecule has 0 aliphatic rings. The van der Waals surface area contributed by atoms with Crippen LogP contribution in [0.3, 0.4) is 0 Å². The molecule has 0 aliphatic carbocycles. The smallest absolute Gasteiger partial charge is 0.287 e. The van der Waals surface area contributed by atoms with Crippen LogP contribution in [0.25, 0.3) is 11.4 Å². The van der Waals surface area contributed by atoms with Crippen molar-refractivity contribution in [3.63, 3.8) is 0 Å². The van der Waals surface area contributed by atoms with Crippen molar-refractivity contribution in [3.05, 3.63) is 71.0 Å². The first-order valence-corrected chi connectivity index (χ1v) is 6.48. The molecule has 3 heterocycles. The molecule has 0 bridgehead atoms. The Morgan fingerprint density at radius 1 is 0.909 bits per heavy atom. The van der Waals surface area contributed by atoms with Crippen LogP contribution in [0.5, 0.6) is 0 Å². The van der Waals surface area contributed by atoms with Crippen molar-refractivity contribution in [2.45, 2.75) is 0 Å². The number of pyridine rings is 3. The van der Waals surface area contributed by atoms with Crippen LogP contribution in [-0.4, -0.2) is 19.9 Å². The molecule has 3 aromatic rings. The second-order valence-corrected chi connectivity index (χ2v) is 4.41. The van der Waals surface area contributed by atoms with E-state index in [9.17, 15) is 10.1 Å². The number of rotatable bonds is 4. The lowest BCUT2D eigenvalue weighted by molar-refractivity contribution is -0.385. The molecule has 0 atom stereocenters. The van der Waals surface area contributed by atoms with Crippen LogP contribution >= 0.6 is 0 Å². The zero-order valence-electron chi connectivity index (χ0n) is 11.4. The Balaban J connectivity index is 1.82. The minimum atomic E-state index is -0.489. The molecule has 0 amide bonds. The van der Waals surface area contributed by atoms with Crippen molar-refractivity contribution >= 4 is 17.3 Å². The summed E-state index contributed by atoms with van der Waals surface area (Å²) < 4.78 is 0. The largest absolute Gasteiger partial charge is 0.325 e. The molecule has 0 saturated heterocycles. The SMILES string of the molecule is O=[N+]([O-])c1ccc(Nc2cccc(-c3ccccn3)n2)nc1. The number of hydrogen-bond donors (Lipinski definition) is 1. The lowest BCUT2D eigenvalue weighted by Gasteiger charge is -2.06. The third-order valence-corrected chi connectivity index (χ3v) is 2.89. The van der Waals surface area contributed by atoms with Gasteiger partial charge in [-0.05, 0) is 30.3 Å². The van der Waals surface area contributed by atoms with Gasteiger partial charge in [0.1, 0.15) is 17.8 Å². The quantitative estimate of drug-likeness (QED) is 0.586. The fourth-order valence-corrected chi connectivity index (χ4v) is 1.86. The highest BCUT2D eigenvalue weighted by Crippen LogP contribution is 2.19. The van der Waals surface area contributed by atoms with Crippen molar-refractivity contribution < 1.29 is 4.92 Å². The maximum atomic E-state index is 10.6. The lowest BCUT2D eigenvalue weighted by atomic mass is 10.2. The molecule has 108 valence electrons. The summed E-state index contributed by atoms with van der Waals surface area (Å²) in [6.07, 6.45) is 2.90. The van der Waals surface area contributed by atoms with Crippen molar-refractivity contribution in [2.24, 2.45) is 0 Å². The van der Waals surface area contributed by atoms with Crippen LogP contribution in [0.4, 0.5) is 17.3 Å². The van der Waals surface area contributed by atoms with Crippen molar-refractivity contribution in [1.82, 2.24) is 15.0 Å². The van der Waals surface area contributed by atoms with Gasteiger partial charge in [0.15, 0.2) is 0 Å². The molecule has 3 aromatic heterocycles. The summed E-state index contributed by atoms with van der Waals surface area (Å²) in [7, 11) is 0. The highest BCUT2D eigenvalue weighted by atomic mass is 16.6. The first-order valence-electron chi connectivity index (χ1n) is 6.48. The zero-order chi connectivity index (χ0) is 15.4. The van der Waals surface area contributed by atoms with E-state index in [1.165, 1.54) is 18.3 Å². The number of nitrogens with one attached hydrogen (secondary N) is 1. The Hall–Kier alpha value is -3.35. The van der Waals surface area contributed by atoms with Gasteiger partial charge in [0.05, 0.1) is 16.3 Å². The highest BCUT2D eigenvalue weighted by molar-refractivity contribution is 5.60. The van der Waals surface area contributed by atoms with Crippen LogP contribution in [-0.2, 0) is 0 Å². The number of aromatic nitrogens is 3. The van der Waals surface area contributed by atoms with E-state index in [-0.39, 0.29) is 5.69 Å². The Kier molecular flexibility index (Phi) is 3.69. The maximum Gasteiger partial charge on any atom is 0.287 e.